The molecule has 1 aromatic heterocycles. The van der Waals surface area contributed by atoms with E-state index in [1.54, 1.807) is 13.2 Å². The number of halogens is 2. The van der Waals surface area contributed by atoms with Gasteiger partial charge in [0.15, 0.2) is 5.82 Å². The first kappa shape index (κ1) is 12.9. The van der Waals surface area contributed by atoms with Crippen LogP contribution in [0, 0.1) is 0 Å². The molecule has 0 N–H and O–H groups in total. The fourth-order valence-electron chi connectivity index (χ4n) is 1.96. The van der Waals surface area contributed by atoms with Crippen LogP contribution in [0.3, 0.4) is 0 Å². The molecule has 0 aromatic carbocycles. The van der Waals surface area contributed by atoms with Crippen molar-refractivity contribution in [2.24, 2.45) is 0 Å². The van der Waals surface area contributed by atoms with Crippen molar-refractivity contribution in [3.8, 4) is 5.88 Å². The van der Waals surface area contributed by atoms with Crippen molar-refractivity contribution in [2.45, 2.75) is 25.6 Å². The second-order valence-electron chi connectivity index (χ2n) is 4.03. The summed E-state index contributed by atoms with van der Waals surface area (Å²) < 4.78 is 33.3. The minimum Gasteiger partial charge on any atom is -0.415 e. The third kappa shape index (κ3) is 3.25. The van der Waals surface area contributed by atoms with E-state index in [1.165, 1.54) is 6.07 Å². The second-order valence-corrected chi connectivity index (χ2v) is 4.03. The maximum Gasteiger partial charge on any atom is 0.388 e. The minimum absolute atomic E-state index is 0.166. The molecular weight excluding hydrogens is 244 g/mol. The number of anilines is 1. The molecule has 0 amide bonds. The van der Waals surface area contributed by atoms with Crippen molar-refractivity contribution in [1.29, 1.82) is 0 Å². The lowest BCUT2D eigenvalue weighted by molar-refractivity contribution is -0.0534. The van der Waals surface area contributed by atoms with Crippen LogP contribution in [0.4, 0.5) is 14.6 Å². The standard InChI is InChI=1S/C11H15F2N3O2/c1-17-8-4-6-16(7-5-8)9-2-3-10(15-14-9)18-11(12)13/h2-3,8,11H,4-7H2,1H3. The van der Waals surface area contributed by atoms with Crippen LogP contribution in [0.15, 0.2) is 12.1 Å². The van der Waals surface area contributed by atoms with Gasteiger partial charge in [0.05, 0.1) is 6.10 Å². The number of piperidine rings is 1. The first-order chi connectivity index (χ1) is 8.69. The Morgan fingerprint density at radius 3 is 2.50 bits per heavy atom. The molecule has 1 aromatic rings. The Morgan fingerprint density at radius 2 is 2.00 bits per heavy atom. The van der Waals surface area contributed by atoms with Gasteiger partial charge >= 0.3 is 6.61 Å². The fourth-order valence-corrected chi connectivity index (χ4v) is 1.96. The Hall–Kier alpha value is -1.50. The molecule has 2 rings (SSSR count). The van der Waals surface area contributed by atoms with Gasteiger partial charge in [0.2, 0.25) is 5.88 Å². The molecule has 0 saturated carbocycles. The van der Waals surface area contributed by atoms with Crippen molar-refractivity contribution in [3.63, 3.8) is 0 Å². The summed E-state index contributed by atoms with van der Waals surface area (Å²) in [5.41, 5.74) is 0. The van der Waals surface area contributed by atoms with Crippen molar-refractivity contribution < 1.29 is 18.3 Å². The van der Waals surface area contributed by atoms with Crippen LogP contribution >= 0.6 is 0 Å². The van der Waals surface area contributed by atoms with E-state index < -0.39 is 6.61 Å². The van der Waals surface area contributed by atoms with Crippen LogP contribution in [0.1, 0.15) is 12.8 Å². The lowest BCUT2D eigenvalue weighted by Crippen LogP contribution is -2.37. The number of rotatable bonds is 4. The van der Waals surface area contributed by atoms with E-state index in [9.17, 15) is 8.78 Å². The van der Waals surface area contributed by atoms with Gasteiger partial charge in [-0.05, 0) is 18.9 Å². The fraction of sp³-hybridized carbons (Fsp3) is 0.636. The predicted octanol–water partition coefficient (Wildman–Crippen LogP) is 1.69. The Kier molecular flexibility index (Phi) is 4.24. The van der Waals surface area contributed by atoms with E-state index in [0.29, 0.717) is 5.82 Å². The first-order valence-corrected chi connectivity index (χ1v) is 5.75. The molecule has 100 valence electrons. The summed E-state index contributed by atoms with van der Waals surface area (Å²) in [5.74, 6) is 0.506. The van der Waals surface area contributed by atoms with Gasteiger partial charge in [0, 0.05) is 26.3 Å². The van der Waals surface area contributed by atoms with Crippen LogP contribution < -0.4 is 9.64 Å². The Balaban J connectivity index is 1.93. The van der Waals surface area contributed by atoms with Crippen molar-refractivity contribution in [3.05, 3.63) is 12.1 Å². The maximum absolute atomic E-state index is 11.9. The molecule has 2 heterocycles. The number of hydrogen-bond donors (Lipinski definition) is 0. The predicted molar refractivity (Wildman–Crippen MR) is 60.9 cm³/mol. The molecule has 1 saturated heterocycles. The largest absolute Gasteiger partial charge is 0.415 e. The zero-order chi connectivity index (χ0) is 13.0. The van der Waals surface area contributed by atoms with E-state index in [1.807, 2.05) is 0 Å². The smallest absolute Gasteiger partial charge is 0.388 e. The summed E-state index contributed by atoms with van der Waals surface area (Å²) in [5, 5.41) is 7.49. The van der Waals surface area contributed by atoms with Gasteiger partial charge in [-0.2, -0.15) is 8.78 Å². The minimum atomic E-state index is -2.87. The van der Waals surface area contributed by atoms with Gasteiger partial charge in [0.1, 0.15) is 0 Å². The molecule has 1 fully saturated rings. The first-order valence-electron chi connectivity index (χ1n) is 5.75. The van der Waals surface area contributed by atoms with E-state index in [-0.39, 0.29) is 12.0 Å². The highest BCUT2D eigenvalue weighted by molar-refractivity contribution is 5.38. The number of ether oxygens (including phenoxy) is 2. The SMILES string of the molecule is COC1CCN(c2ccc(OC(F)F)nn2)CC1. The zero-order valence-electron chi connectivity index (χ0n) is 10.1. The molecule has 0 spiro atoms. The van der Waals surface area contributed by atoms with Gasteiger partial charge in [0.25, 0.3) is 0 Å². The van der Waals surface area contributed by atoms with Crippen LogP contribution in [0.2, 0.25) is 0 Å². The van der Waals surface area contributed by atoms with Crippen LogP contribution in [0.25, 0.3) is 0 Å². The number of alkyl halides is 2. The highest BCUT2D eigenvalue weighted by atomic mass is 19.3. The topological polar surface area (TPSA) is 47.5 Å². The van der Waals surface area contributed by atoms with Gasteiger partial charge in [-0.25, -0.2) is 0 Å². The molecule has 0 bridgehead atoms. The van der Waals surface area contributed by atoms with Gasteiger partial charge < -0.3 is 14.4 Å². The number of hydrogen-bond acceptors (Lipinski definition) is 5. The average Bonchev–Trinajstić information content (AvgIpc) is 2.39. The molecule has 1 aliphatic heterocycles. The average molecular weight is 259 g/mol. The zero-order valence-corrected chi connectivity index (χ0v) is 10.1. The quantitative estimate of drug-likeness (QED) is 0.823. The van der Waals surface area contributed by atoms with Gasteiger partial charge in [-0.15, -0.1) is 10.2 Å². The normalized spacial score (nSPS) is 17.2. The molecule has 18 heavy (non-hydrogen) atoms. The van der Waals surface area contributed by atoms with Gasteiger partial charge in [-0.3, -0.25) is 0 Å². The summed E-state index contributed by atoms with van der Waals surface area (Å²) in [6.07, 6.45) is 2.14. The van der Waals surface area contributed by atoms with Crippen LogP contribution in [-0.2, 0) is 4.74 Å². The monoisotopic (exact) mass is 259 g/mol. The van der Waals surface area contributed by atoms with Gasteiger partial charge in [-0.1, -0.05) is 0 Å². The van der Waals surface area contributed by atoms with Crippen molar-refractivity contribution >= 4 is 5.82 Å². The van der Waals surface area contributed by atoms with Crippen molar-refractivity contribution in [1.82, 2.24) is 10.2 Å². The molecule has 0 radical (unpaired) electrons. The van der Waals surface area contributed by atoms with E-state index >= 15 is 0 Å². The lowest BCUT2D eigenvalue weighted by atomic mass is 10.1. The summed E-state index contributed by atoms with van der Waals surface area (Å²) in [6, 6.07) is 3.04. The third-order valence-corrected chi connectivity index (χ3v) is 2.94. The van der Waals surface area contributed by atoms with Crippen LogP contribution in [0.5, 0.6) is 5.88 Å². The number of nitrogens with zero attached hydrogens (tertiary/aromatic N) is 3. The maximum atomic E-state index is 11.9. The highest BCUT2D eigenvalue weighted by Crippen LogP contribution is 2.20. The van der Waals surface area contributed by atoms with E-state index in [2.05, 4.69) is 19.8 Å². The lowest BCUT2D eigenvalue weighted by Gasteiger charge is -2.31. The molecule has 0 atom stereocenters. The molecule has 7 heteroatoms. The van der Waals surface area contributed by atoms with Crippen molar-refractivity contribution in [2.75, 3.05) is 25.1 Å². The number of methoxy groups -OCH3 is 1. The Morgan fingerprint density at radius 1 is 1.28 bits per heavy atom. The molecule has 0 aliphatic carbocycles. The summed E-state index contributed by atoms with van der Waals surface area (Å²) in [7, 11) is 1.70. The summed E-state index contributed by atoms with van der Waals surface area (Å²) in [6.45, 7) is -1.23. The third-order valence-electron chi connectivity index (χ3n) is 2.94. The molecular formula is C11H15F2N3O2. The van der Waals surface area contributed by atoms with Crippen LogP contribution in [-0.4, -0.2) is 43.1 Å². The Bertz CT molecular complexity index is 367. The number of aromatic nitrogens is 2. The van der Waals surface area contributed by atoms with E-state index in [0.717, 1.165) is 25.9 Å². The summed E-state index contributed by atoms with van der Waals surface area (Å²) in [4.78, 5) is 2.05. The Labute approximate surface area is 104 Å². The highest BCUT2D eigenvalue weighted by Gasteiger charge is 2.20. The van der Waals surface area contributed by atoms with E-state index in [4.69, 9.17) is 4.74 Å². The second kappa shape index (κ2) is 5.90. The molecule has 0 unspecified atom stereocenters. The molecule has 5 nitrogen and oxygen atoms in total. The summed E-state index contributed by atoms with van der Waals surface area (Å²) >= 11 is 0. The molecule has 1 aliphatic rings.